The second-order valence-corrected chi connectivity index (χ2v) is 5.11. The summed E-state index contributed by atoms with van der Waals surface area (Å²) in [5.41, 5.74) is 0.323. The van der Waals surface area contributed by atoms with Gasteiger partial charge in [0.2, 0.25) is 0 Å². The number of nitrogens with one attached hydrogen (secondary N) is 1. The normalized spacial score (nSPS) is 25.9. The van der Waals surface area contributed by atoms with Gasteiger partial charge >= 0.3 is 5.97 Å². The molecule has 0 radical (unpaired) electrons. The molecule has 4 heteroatoms. The lowest BCUT2D eigenvalue weighted by Gasteiger charge is -2.32. The van der Waals surface area contributed by atoms with E-state index < -0.39 is 5.54 Å². The van der Waals surface area contributed by atoms with Crippen LogP contribution in [0.5, 0.6) is 5.75 Å². The summed E-state index contributed by atoms with van der Waals surface area (Å²) in [6.07, 6.45) is 2.89. The lowest BCUT2D eigenvalue weighted by Crippen LogP contribution is -2.49. The van der Waals surface area contributed by atoms with E-state index in [0.717, 1.165) is 30.7 Å². The minimum atomic E-state index is -0.594. The maximum Gasteiger partial charge on any atom is 0.331 e. The van der Waals surface area contributed by atoms with Crippen LogP contribution < -0.4 is 10.1 Å². The van der Waals surface area contributed by atoms with Crippen molar-refractivity contribution in [1.29, 1.82) is 0 Å². The van der Waals surface area contributed by atoms with Crippen LogP contribution >= 0.6 is 0 Å². The van der Waals surface area contributed by atoms with Gasteiger partial charge in [0.05, 0.1) is 14.2 Å². The molecule has 1 N–H and O–H groups in total. The van der Waals surface area contributed by atoms with Gasteiger partial charge in [-0.2, -0.15) is 0 Å². The number of esters is 1. The average Bonchev–Trinajstić information content (AvgIpc) is 2.81. The first kappa shape index (κ1) is 13.7. The van der Waals surface area contributed by atoms with Crippen molar-refractivity contribution in [3.63, 3.8) is 0 Å². The van der Waals surface area contributed by atoms with Crippen molar-refractivity contribution in [2.24, 2.45) is 5.92 Å². The van der Waals surface area contributed by atoms with Crippen LogP contribution in [0.1, 0.15) is 26.2 Å². The molecule has 0 saturated heterocycles. The summed E-state index contributed by atoms with van der Waals surface area (Å²) in [5, 5.41) is 3.38. The molecule has 0 bridgehead atoms. The van der Waals surface area contributed by atoms with E-state index in [0.29, 0.717) is 0 Å². The number of carbonyl (C=O) groups excluding carboxylic acids is 1. The SMILES string of the molecule is COC(=O)C1(Nc2ccc(OC)cc2)CCCC1C. The van der Waals surface area contributed by atoms with Crippen LogP contribution in [0.3, 0.4) is 0 Å². The highest BCUT2D eigenvalue weighted by Crippen LogP contribution is 2.39. The van der Waals surface area contributed by atoms with E-state index in [-0.39, 0.29) is 11.9 Å². The molecule has 4 nitrogen and oxygen atoms in total. The third kappa shape index (κ3) is 2.53. The Labute approximate surface area is 114 Å². The molecule has 0 amide bonds. The molecule has 2 rings (SSSR count). The van der Waals surface area contributed by atoms with Crippen LogP contribution in [-0.2, 0) is 9.53 Å². The molecule has 1 saturated carbocycles. The molecule has 1 fully saturated rings. The molecule has 1 aromatic carbocycles. The van der Waals surface area contributed by atoms with Crippen LogP contribution in [-0.4, -0.2) is 25.7 Å². The van der Waals surface area contributed by atoms with Crippen molar-refractivity contribution < 1.29 is 14.3 Å². The fourth-order valence-electron chi connectivity index (χ4n) is 2.83. The van der Waals surface area contributed by atoms with Crippen molar-refractivity contribution in [3.8, 4) is 5.75 Å². The standard InChI is InChI=1S/C15H21NO3/c1-11-5-4-10-15(11,14(17)19-3)16-12-6-8-13(18-2)9-7-12/h6-9,11,16H,4-5,10H2,1-3H3. The maximum absolute atomic E-state index is 12.2. The van der Waals surface area contributed by atoms with Gasteiger partial charge in [0, 0.05) is 5.69 Å². The van der Waals surface area contributed by atoms with Crippen molar-refractivity contribution in [2.75, 3.05) is 19.5 Å². The minimum absolute atomic E-state index is 0.173. The van der Waals surface area contributed by atoms with E-state index in [4.69, 9.17) is 9.47 Å². The molecule has 104 valence electrons. The molecule has 19 heavy (non-hydrogen) atoms. The number of ether oxygens (including phenoxy) is 2. The molecule has 0 aromatic heterocycles. The Bertz CT molecular complexity index is 443. The van der Waals surface area contributed by atoms with E-state index in [1.807, 2.05) is 24.3 Å². The Morgan fingerprint density at radius 1 is 1.32 bits per heavy atom. The highest BCUT2D eigenvalue weighted by atomic mass is 16.5. The van der Waals surface area contributed by atoms with Gasteiger partial charge in [-0.05, 0) is 43.0 Å². The first-order chi connectivity index (χ1) is 9.12. The van der Waals surface area contributed by atoms with Crippen LogP contribution in [0.4, 0.5) is 5.69 Å². The molecular weight excluding hydrogens is 242 g/mol. The molecular formula is C15H21NO3. The third-order valence-corrected chi connectivity index (χ3v) is 4.06. The summed E-state index contributed by atoms with van der Waals surface area (Å²) in [7, 11) is 3.09. The predicted octanol–water partition coefficient (Wildman–Crippen LogP) is 2.84. The molecule has 0 aliphatic heterocycles. The van der Waals surface area contributed by atoms with E-state index in [1.165, 1.54) is 7.11 Å². The number of anilines is 1. The van der Waals surface area contributed by atoms with Gasteiger partial charge in [-0.15, -0.1) is 0 Å². The Hall–Kier alpha value is -1.71. The first-order valence-corrected chi connectivity index (χ1v) is 6.63. The third-order valence-electron chi connectivity index (χ3n) is 4.06. The van der Waals surface area contributed by atoms with Crippen LogP contribution in [0.25, 0.3) is 0 Å². The monoisotopic (exact) mass is 263 g/mol. The second-order valence-electron chi connectivity index (χ2n) is 5.11. The Morgan fingerprint density at radius 3 is 2.47 bits per heavy atom. The van der Waals surface area contributed by atoms with E-state index in [9.17, 15) is 4.79 Å². The number of carbonyl (C=O) groups is 1. The van der Waals surface area contributed by atoms with E-state index in [1.54, 1.807) is 7.11 Å². The molecule has 0 heterocycles. The maximum atomic E-state index is 12.2. The lowest BCUT2D eigenvalue weighted by atomic mass is 9.88. The van der Waals surface area contributed by atoms with Crippen molar-refractivity contribution in [3.05, 3.63) is 24.3 Å². The fraction of sp³-hybridized carbons (Fsp3) is 0.533. The lowest BCUT2D eigenvalue weighted by molar-refractivity contribution is -0.147. The molecule has 1 aliphatic carbocycles. The quantitative estimate of drug-likeness (QED) is 0.849. The van der Waals surface area contributed by atoms with Crippen molar-refractivity contribution in [2.45, 2.75) is 31.7 Å². The fourth-order valence-corrected chi connectivity index (χ4v) is 2.83. The topological polar surface area (TPSA) is 47.6 Å². The predicted molar refractivity (Wildman–Crippen MR) is 74.4 cm³/mol. The number of hydrogen-bond donors (Lipinski definition) is 1. The largest absolute Gasteiger partial charge is 0.497 e. The molecule has 2 unspecified atom stereocenters. The zero-order valence-electron chi connectivity index (χ0n) is 11.7. The van der Waals surface area contributed by atoms with Crippen molar-refractivity contribution in [1.82, 2.24) is 0 Å². The van der Waals surface area contributed by atoms with Gasteiger partial charge in [-0.3, -0.25) is 0 Å². The summed E-state index contributed by atoms with van der Waals surface area (Å²) in [4.78, 5) is 12.2. The number of hydrogen-bond acceptors (Lipinski definition) is 4. The Morgan fingerprint density at radius 2 is 2.00 bits per heavy atom. The summed E-state index contributed by atoms with van der Waals surface area (Å²) in [6, 6.07) is 7.61. The van der Waals surface area contributed by atoms with Crippen LogP contribution in [0.15, 0.2) is 24.3 Å². The number of benzene rings is 1. The van der Waals surface area contributed by atoms with Crippen LogP contribution in [0.2, 0.25) is 0 Å². The van der Waals surface area contributed by atoms with Crippen LogP contribution in [0, 0.1) is 5.92 Å². The number of methoxy groups -OCH3 is 2. The summed E-state index contributed by atoms with van der Waals surface area (Å²) >= 11 is 0. The van der Waals surface area contributed by atoms with Crippen molar-refractivity contribution >= 4 is 11.7 Å². The van der Waals surface area contributed by atoms with E-state index >= 15 is 0 Å². The smallest absolute Gasteiger partial charge is 0.331 e. The molecule has 0 spiro atoms. The summed E-state index contributed by atoms with van der Waals surface area (Å²) in [6.45, 7) is 2.10. The van der Waals surface area contributed by atoms with Gasteiger partial charge < -0.3 is 14.8 Å². The number of rotatable bonds is 4. The minimum Gasteiger partial charge on any atom is -0.497 e. The molecule has 1 aromatic rings. The van der Waals surface area contributed by atoms with Gasteiger partial charge in [0.25, 0.3) is 0 Å². The zero-order chi connectivity index (χ0) is 13.9. The molecule has 1 aliphatic rings. The summed E-state index contributed by atoms with van der Waals surface area (Å²) in [5.74, 6) is 0.896. The second kappa shape index (κ2) is 5.51. The van der Waals surface area contributed by atoms with E-state index in [2.05, 4.69) is 12.2 Å². The Kier molecular flexibility index (Phi) is 3.98. The molecule has 2 atom stereocenters. The first-order valence-electron chi connectivity index (χ1n) is 6.63. The Balaban J connectivity index is 2.22. The van der Waals surface area contributed by atoms with Gasteiger partial charge in [-0.1, -0.05) is 13.3 Å². The van der Waals surface area contributed by atoms with Gasteiger partial charge in [-0.25, -0.2) is 4.79 Å². The average molecular weight is 263 g/mol. The zero-order valence-corrected chi connectivity index (χ0v) is 11.7. The van der Waals surface area contributed by atoms with Gasteiger partial charge in [0.1, 0.15) is 11.3 Å². The van der Waals surface area contributed by atoms with Gasteiger partial charge in [0.15, 0.2) is 0 Å². The highest BCUT2D eigenvalue weighted by molar-refractivity contribution is 5.85. The summed E-state index contributed by atoms with van der Waals surface area (Å²) < 4.78 is 10.1. The highest BCUT2D eigenvalue weighted by Gasteiger charge is 2.47.